The number of aliphatic hydroxyl groups is 1. The van der Waals surface area contributed by atoms with Crippen LogP contribution in [0.1, 0.15) is 29.3 Å². The Balaban J connectivity index is 2.03. The monoisotopic (exact) mass is 265 g/mol. The van der Waals surface area contributed by atoms with E-state index in [1.807, 2.05) is 6.92 Å². The predicted octanol–water partition coefficient (Wildman–Crippen LogP) is 0.970. The number of benzene rings is 1. The van der Waals surface area contributed by atoms with Crippen molar-refractivity contribution in [3.05, 3.63) is 29.3 Å². The summed E-state index contributed by atoms with van der Waals surface area (Å²) in [4.78, 5) is 12.0. The Hall–Kier alpha value is -1.59. The summed E-state index contributed by atoms with van der Waals surface area (Å²) in [5, 5.41) is 22.6. The van der Waals surface area contributed by atoms with Gasteiger partial charge in [0.25, 0.3) is 5.91 Å². The standard InChI is InChI=1S/C14H19NO4/c1-9-3-4-12(16)11(7-9)13(17)15-8-14(18)5-6-19-10(14)2/h3-4,7,10,16,18H,5-6,8H2,1-2H3,(H,15,17). The Kier molecular flexibility index (Phi) is 3.78. The first-order valence-electron chi connectivity index (χ1n) is 6.34. The lowest BCUT2D eigenvalue weighted by atomic mass is 9.96. The highest BCUT2D eigenvalue weighted by atomic mass is 16.5. The van der Waals surface area contributed by atoms with Gasteiger partial charge in [0.1, 0.15) is 11.4 Å². The summed E-state index contributed by atoms with van der Waals surface area (Å²) in [6, 6.07) is 4.83. The SMILES string of the molecule is Cc1ccc(O)c(C(=O)NCC2(O)CCOC2C)c1. The van der Waals surface area contributed by atoms with Crippen molar-refractivity contribution in [2.45, 2.75) is 32.0 Å². The van der Waals surface area contributed by atoms with E-state index in [0.29, 0.717) is 13.0 Å². The van der Waals surface area contributed by atoms with Gasteiger partial charge in [0, 0.05) is 19.6 Å². The second-order valence-electron chi connectivity index (χ2n) is 5.07. The molecule has 2 unspecified atom stereocenters. The summed E-state index contributed by atoms with van der Waals surface area (Å²) in [6.07, 6.45) is 0.188. The molecule has 19 heavy (non-hydrogen) atoms. The first-order valence-corrected chi connectivity index (χ1v) is 6.34. The highest BCUT2D eigenvalue weighted by Gasteiger charge is 2.39. The molecule has 1 saturated heterocycles. The summed E-state index contributed by atoms with van der Waals surface area (Å²) < 4.78 is 5.30. The van der Waals surface area contributed by atoms with Gasteiger partial charge in [-0.1, -0.05) is 11.6 Å². The lowest BCUT2D eigenvalue weighted by Gasteiger charge is -2.26. The molecule has 0 aromatic heterocycles. The predicted molar refractivity (Wildman–Crippen MR) is 70.2 cm³/mol. The molecule has 1 aromatic rings. The number of carbonyl (C=O) groups excluding carboxylic acids is 1. The highest BCUT2D eigenvalue weighted by molar-refractivity contribution is 5.97. The maximum absolute atomic E-state index is 12.0. The molecule has 0 bridgehead atoms. The van der Waals surface area contributed by atoms with Gasteiger partial charge in [-0.15, -0.1) is 0 Å². The molecule has 0 radical (unpaired) electrons. The smallest absolute Gasteiger partial charge is 0.255 e. The topological polar surface area (TPSA) is 78.8 Å². The summed E-state index contributed by atoms with van der Waals surface area (Å²) in [7, 11) is 0. The highest BCUT2D eigenvalue weighted by Crippen LogP contribution is 2.25. The van der Waals surface area contributed by atoms with Crippen molar-refractivity contribution in [1.82, 2.24) is 5.32 Å². The largest absolute Gasteiger partial charge is 0.507 e. The number of aryl methyl sites for hydroxylation is 1. The summed E-state index contributed by atoms with van der Waals surface area (Å²) in [5.41, 5.74) is 0.0733. The third-order valence-electron chi connectivity index (χ3n) is 3.61. The fourth-order valence-corrected chi connectivity index (χ4v) is 2.16. The number of hydrogen-bond donors (Lipinski definition) is 3. The van der Waals surface area contributed by atoms with Gasteiger partial charge in [0.05, 0.1) is 11.7 Å². The molecule has 1 aliphatic heterocycles. The Bertz CT molecular complexity index is 488. The summed E-state index contributed by atoms with van der Waals surface area (Å²) in [5.74, 6) is -0.459. The van der Waals surface area contributed by atoms with E-state index in [2.05, 4.69) is 5.32 Å². The summed E-state index contributed by atoms with van der Waals surface area (Å²) >= 11 is 0. The molecule has 1 aromatic carbocycles. The van der Waals surface area contributed by atoms with Crippen LogP contribution in [0.2, 0.25) is 0 Å². The Labute approximate surface area is 112 Å². The molecule has 0 saturated carbocycles. The van der Waals surface area contributed by atoms with E-state index in [9.17, 15) is 15.0 Å². The van der Waals surface area contributed by atoms with Crippen LogP contribution in [0.15, 0.2) is 18.2 Å². The minimum atomic E-state index is -1.03. The van der Waals surface area contributed by atoms with Crippen LogP contribution in [-0.2, 0) is 4.74 Å². The molecule has 104 valence electrons. The number of aromatic hydroxyl groups is 1. The number of phenols is 1. The van der Waals surface area contributed by atoms with E-state index in [1.54, 1.807) is 19.1 Å². The van der Waals surface area contributed by atoms with Crippen molar-refractivity contribution in [3.8, 4) is 5.75 Å². The lowest BCUT2D eigenvalue weighted by molar-refractivity contribution is -0.0251. The number of nitrogens with one attached hydrogen (secondary N) is 1. The third kappa shape index (κ3) is 2.88. The average molecular weight is 265 g/mol. The van der Waals surface area contributed by atoms with Crippen LogP contribution in [0, 0.1) is 6.92 Å². The van der Waals surface area contributed by atoms with Crippen molar-refractivity contribution >= 4 is 5.91 Å². The lowest BCUT2D eigenvalue weighted by Crippen LogP contribution is -2.47. The first kappa shape index (κ1) is 13.8. The molecule has 0 aliphatic carbocycles. The molecule has 5 nitrogen and oxygen atoms in total. The number of ether oxygens (including phenoxy) is 1. The fourth-order valence-electron chi connectivity index (χ4n) is 2.16. The Morgan fingerprint density at radius 2 is 2.32 bits per heavy atom. The van der Waals surface area contributed by atoms with Gasteiger partial charge in [-0.3, -0.25) is 4.79 Å². The number of hydrogen-bond acceptors (Lipinski definition) is 4. The quantitative estimate of drug-likeness (QED) is 0.761. The number of amides is 1. The third-order valence-corrected chi connectivity index (χ3v) is 3.61. The molecule has 0 spiro atoms. The molecule has 3 N–H and O–H groups in total. The molecule has 1 amide bonds. The van der Waals surface area contributed by atoms with Crippen LogP contribution in [0.5, 0.6) is 5.75 Å². The van der Waals surface area contributed by atoms with E-state index in [4.69, 9.17) is 4.74 Å². The van der Waals surface area contributed by atoms with Crippen molar-refractivity contribution in [3.63, 3.8) is 0 Å². The molecule has 2 atom stereocenters. The van der Waals surface area contributed by atoms with E-state index < -0.39 is 11.5 Å². The van der Waals surface area contributed by atoms with Gasteiger partial charge in [-0.2, -0.15) is 0 Å². The van der Waals surface area contributed by atoms with Crippen LogP contribution in [0.25, 0.3) is 0 Å². The zero-order valence-corrected chi connectivity index (χ0v) is 11.1. The first-order chi connectivity index (χ1) is 8.92. The van der Waals surface area contributed by atoms with Gasteiger partial charge in [-0.05, 0) is 26.0 Å². The maximum atomic E-state index is 12.0. The van der Waals surface area contributed by atoms with Crippen molar-refractivity contribution in [1.29, 1.82) is 0 Å². The molecular weight excluding hydrogens is 246 g/mol. The van der Waals surface area contributed by atoms with Gasteiger partial charge >= 0.3 is 0 Å². The van der Waals surface area contributed by atoms with Gasteiger partial charge < -0.3 is 20.3 Å². The van der Waals surface area contributed by atoms with Crippen LogP contribution < -0.4 is 5.32 Å². The second kappa shape index (κ2) is 5.19. The van der Waals surface area contributed by atoms with E-state index in [0.717, 1.165) is 5.56 Å². The van der Waals surface area contributed by atoms with E-state index in [-0.39, 0.29) is 24.0 Å². The molecule has 1 fully saturated rings. The van der Waals surface area contributed by atoms with Gasteiger partial charge in [0.2, 0.25) is 0 Å². The number of rotatable bonds is 3. The number of phenolic OH excluding ortho intramolecular Hbond substituents is 1. The van der Waals surface area contributed by atoms with Crippen molar-refractivity contribution in [2.75, 3.05) is 13.2 Å². The van der Waals surface area contributed by atoms with Crippen LogP contribution in [0.4, 0.5) is 0 Å². The Morgan fingerprint density at radius 1 is 1.58 bits per heavy atom. The number of carbonyl (C=O) groups is 1. The van der Waals surface area contributed by atoms with Gasteiger partial charge in [-0.25, -0.2) is 0 Å². The zero-order valence-electron chi connectivity index (χ0n) is 11.1. The van der Waals surface area contributed by atoms with Crippen LogP contribution in [0.3, 0.4) is 0 Å². The van der Waals surface area contributed by atoms with Gasteiger partial charge in [0.15, 0.2) is 0 Å². The van der Waals surface area contributed by atoms with E-state index in [1.165, 1.54) is 6.07 Å². The average Bonchev–Trinajstić information content (AvgIpc) is 2.70. The van der Waals surface area contributed by atoms with Crippen molar-refractivity contribution in [2.24, 2.45) is 0 Å². The molecular formula is C14H19NO4. The van der Waals surface area contributed by atoms with Crippen LogP contribution >= 0.6 is 0 Å². The molecule has 2 rings (SSSR count). The van der Waals surface area contributed by atoms with E-state index >= 15 is 0 Å². The van der Waals surface area contributed by atoms with Crippen LogP contribution in [-0.4, -0.2) is 41.0 Å². The molecule has 5 heteroatoms. The minimum absolute atomic E-state index is 0.0641. The minimum Gasteiger partial charge on any atom is -0.507 e. The summed E-state index contributed by atoms with van der Waals surface area (Å²) in [6.45, 7) is 4.23. The van der Waals surface area contributed by atoms with Crippen molar-refractivity contribution < 1.29 is 19.7 Å². The fraction of sp³-hybridized carbons (Fsp3) is 0.500. The zero-order chi connectivity index (χ0) is 14.0. The Morgan fingerprint density at radius 3 is 2.95 bits per heavy atom. The second-order valence-corrected chi connectivity index (χ2v) is 5.07. The normalized spacial score (nSPS) is 26.4. The molecule has 1 aliphatic rings. The molecule has 1 heterocycles. The maximum Gasteiger partial charge on any atom is 0.255 e.